The Balaban J connectivity index is 2.29. The Labute approximate surface area is 124 Å². The normalized spacial score (nSPS) is 11.7. The minimum absolute atomic E-state index is 0.0237. The van der Waals surface area contributed by atoms with Crippen LogP contribution in [0.1, 0.15) is 31.8 Å². The summed E-state index contributed by atoms with van der Waals surface area (Å²) in [6.45, 7) is 0. The molecule has 0 saturated carbocycles. The average molecular weight is 290 g/mol. The van der Waals surface area contributed by atoms with E-state index in [4.69, 9.17) is 20.0 Å². The van der Waals surface area contributed by atoms with E-state index < -0.39 is 11.6 Å². The maximum absolute atomic E-state index is 12.6. The molecular weight excluding hydrogens is 284 g/mol. The van der Waals surface area contributed by atoms with Crippen LogP contribution in [0.4, 0.5) is 0 Å². The first-order valence-electron chi connectivity index (χ1n) is 6.16. The van der Waals surface area contributed by atoms with Crippen LogP contribution in [0, 0.1) is 23.0 Å². The zero-order valence-corrected chi connectivity index (χ0v) is 11.0. The van der Waals surface area contributed by atoms with Gasteiger partial charge in [0.15, 0.2) is 23.1 Å². The number of ketones is 2. The Hall–Kier alpha value is -3.64. The molecule has 0 aromatic heterocycles. The molecule has 6 heteroatoms. The molecular formula is C16H6N2O4. The number of fused-ring (bicyclic) bond motifs is 2. The molecule has 22 heavy (non-hydrogen) atoms. The van der Waals surface area contributed by atoms with E-state index in [0.29, 0.717) is 0 Å². The smallest absolute Gasteiger partial charge is 0.292 e. The molecule has 0 saturated heterocycles. The van der Waals surface area contributed by atoms with Gasteiger partial charge in [0.05, 0.1) is 11.1 Å². The van der Waals surface area contributed by atoms with E-state index in [-0.39, 0.29) is 33.8 Å². The number of ether oxygens (including phenoxy) is 2. The monoisotopic (exact) mass is 290 g/mol. The standard InChI is InChI=1S/C16H6N2O4/c17-7-21-11-5-1-3-9-13(11)16(20)10-4-2-6-12(22-8-18)14(10)15(9)19/h1-6H. The highest BCUT2D eigenvalue weighted by Gasteiger charge is 2.34. The van der Waals surface area contributed by atoms with Crippen LogP contribution in [-0.4, -0.2) is 11.6 Å². The van der Waals surface area contributed by atoms with Crippen molar-refractivity contribution >= 4 is 11.6 Å². The van der Waals surface area contributed by atoms with Crippen molar-refractivity contribution in [2.24, 2.45) is 0 Å². The molecule has 0 N–H and O–H groups in total. The third kappa shape index (κ3) is 1.80. The van der Waals surface area contributed by atoms with Gasteiger partial charge in [-0.1, -0.05) is 24.3 Å². The summed E-state index contributed by atoms with van der Waals surface area (Å²) < 4.78 is 9.53. The summed E-state index contributed by atoms with van der Waals surface area (Å²) in [7, 11) is 0. The van der Waals surface area contributed by atoms with Crippen LogP contribution in [0.25, 0.3) is 0 Å². The lowest BCUT2D eigenvalue weighted by Crippen LogP contribution is -2.22. The minimum atomic E-state index is -0.459. The zero-order valence-electron chi connectivity index (χ0n) is 11.0. The first-order valence-corrected chi connectivity index (χ1v) is 6.16. The molecule has 2 aromatic carbocycles. The van der Waals surface area contributed by atoms with Gasteiger partial charge in [-0.05, 0) is 12.1 Å². The Bertz CT molecular complexity index is 828. The van der Waals surface area contributed by atoms with Gasteiger partial charge in [-0.3, -0.25) is 9.59 Å². The van der Waals surface area contributed by atoms with Gasteiger partial charge in [0, 0.05) is 11.1 Å². The highest BCUT2D eigenvalue weighted by Crippen LogP contribution is 2.36. The van der Waals surface area contributed by atoms with Crippen molar-refractivity contribution in [2.45, 2.75) is 0 Å². The molecule has 0 heterocycles. The SMILES string of the molecule is N#COc1cccc2c1C(=O)c1cccc(OC#N)c1C2=O. The fourth-order valence-electron chi connectivity index (χ4n) is 2.45. The van der Waals surface area contributed by atoms with E-state index in [9.17, 15) is 9.59 Å². The van der Waals surface area contributed by atoms with Gasteiger partial charge >= 0.3 is 0 Å². The van der Waals surface area contributed by atoms with Crippen molar-refractivity contribution in [3.63, 3.8) is 0 Å². The van der Waals surface area contributed by atoms with E-state index >= 15 is 0 Å². The Morgan fingerprint density at radius 3 is 1.50 bits per heavy atom. The molecule has 3 rings (SSSR count). The average Bonchev–Trinajstić information content (AvgIpc) is 2.53. The third-order valence-corrected chi connectivity index (χ3v) is 3.31. The van der Waals surface area contributed by atoms with Crippen LogP contribution in [0.15, 0.2) is 36.4 Å². The molecule has 0 bridgehead atoms. The molecule has 6 nitrogen and oxygen atoms in total. The summed E-state index contributed by atoms with van der Waals surface area (Å²) in [5.41, 5.74) is 0.296. The van der Waals surface area contributed by atoms with Gasteiger partial charge in [0.2, 0.25) is 0 Å². The van der Waals surface area contributed by atoms with Crippen LogP contribution in [-0.2, 0) is 0 Å². The number of rotatable bonds is 2. The summed E-state index contributed by atoms with van der Waals surface area (Å²) in [5, 5.41) is 17.3. The maximum Gasteiger partial charge on any atom is 0.292 e. The van der Waals surface area contributed by atoms with Gasteiger partial charge in [0.25, 0.3) is 12.5 Å². The maximum atomic E-state index is 12.6. The molecule has 0 radical (unpaired) electrons. The van der Waals surface area contributed by atoms with Crippen LogP contribution in [0.2, 0.25) is 0 Å². The molecule has 0 unspecified atom stereocenters. The lowest BCUT2D eigenvalue weighted by Gasteiger charge is -2.19. The largest absolute Gasteiger partial charge is 0.387 e. The van der Waals surface area contributed by atoms with E-state index in [0.717, 1.165) is 0 Å². The highest BCUT2D eigenvalue weighted by molar-refractivity contribution is 6.30. The van der Waals surface area contributed by atoms with E-state index in [1.807, 2.05) is 0 Å². The molecule has 104 valence electrons. The summed E-state index contributed by atoms with van der Waals surface area (Å²) in [6.07, 6.45) is 2.99. The molecule has 1 aliphatic carbocycles. The third-order valence-electron chi connectivity index (χ3n) is 3.31. The van der Waals surface area contributed by atoms with E-state index in [2.05, 4.69) is 0 Å². The predicted octanol–water partition coefficient (Wildman–Crippen LogP) is 2.18. The van der Waals surface area contributed by atoms with Gasteiger partial charge in [0.1, 0.15) is 0 Å². The fourth-order valence-corrected chi connectivity index (χ4v) is 2.45. The molecule has 0 aliphatic heterocycles. The highest BCUT2D eigenvalue weighted by atomic mass is 16.5. The fraction of sp³-hybridized carbons (Fsp3) is 0. The van der Waals surface area contributed by atoms with E-state index in [1.165, 1.54) is 48.9 Å². The van der Waals surface area contributed by atoms with Crippen LogP contribution in [0.5, 0.6) is 11.5 Å². The molecule has 0 atom stereocenters. The van der Waals surface area contributed by atoms with Crippen molar-refractivity contribution in [3.8, 4) is 24.0 Å². The van der Waals surface area contributed by atoms with Crippen molar-refractivity contribution in [3.05, 3.63) is 58.7 Å². The quantitative estimate of drug-likeness (QED) is 0.670. The number of carbonyl (C=O) groups is 2. The second kappa shape index (κ2) is 5.04. The van der Waals surface area contributed by atoms with Gasteiger partial charge in [-0.15, -0.1) is 10.5 Å². The summed E-state index contributed by atoms with van der Waals surface area (Å²) in [6, 6.07) is 8.82. The molecule has 0 fully saturated rings. The first kappa shape index (κ1) is 13.3. The zero-order chi connectivity index (χ0) is 15.7. The molecule has 1 aliphatic rings. The lowest BCUT2D eigenvalue weighted by atomic mass is 9.83. The van der Waals surface area contributed by atoms with Gasteiger partial charge in [-0.2, -0.15) is 0 Å². The Kier molecular flexibility index (Phi) is 3.06. The number of nitriles is 2. The lowest BCUT2D eigenvalue weighted by molar-refractivity contribution is 0.0975. The minimum Gasteiger partial charge on any atom is -0.387 e. The van der Waals surface area contributed by atoms with Crippen molar-refractivity contribution in [1.29, 1.82) is 10.5 Å². The summed E-state index contributed by atoms with van der Waals surface area (Å²) >= 11 is 0. The number of carbonyl (C=O) groups excluding carboxylic acids is 2. The molecule has 0 spiro atoms. The predicted molar refractivity (Wildman–Crippen MR) is 72.2 cm³/mol. The van der Waals surface area contributed by atoms with Crippen molar-refractivity contribution in [2.75, 3.05) is 0 Å². The topological polar surface area (TPSA) is 100 Å². The van der Waals surface area contributed by atoms with Crippen molar-refractivity contribution in [1.82, 2.24) is 0 Å². The van der Waals surface area contributed by atoms with Crippen LogP contribution in [0.3, 0.4) is 0 Å². The molecule has 0 amide bonds. The summed E-state index contributed by atoms with van der Waals surface area (Å²) in [4.78, 5) is 25.3. The second-order valence-corrected chi connectivity index (χ2v) is 4.40. The first-order chi connectivity index (χ1) is 10.7. The second-order valence-electron chi connectivity index (χ2n) is 4.40. The number of benzene rings is 2. The van der Waals surface area contributed by atoms with E-state index in [1.54, 1.807) is 0 Å². The molecule has 2 aromatic rings. The van der Waals surface area contributed by atoms with Gasteiger partial charge in [-0.25, -0.2) is 0 Å². The summed E-state index contributed by atoms with van der Waals surface area (Å²) in [5.74, 6) is -0.871. The Morgan fingerprint density at radius 1 is 0.727 bits per heavy atom. The van der Waals surface area contributed by atoms with Crippen LogP contribution >= 0.6 is 0 Å². The number of nitrogens with zero attached hydrogens (tertiary/aromatic N) is 2. The van der Waals surface area contributed by atoms with Crippen molar-refractivity contribution < 1.29 is 19.1 Å². The van der Waals surface area contributed by atoms with Crippen LogP contribution < -0.4 is 9.47 Å². The van der Waals surface area contributed by atoms with Gasteiger partial charge < -0.3 is 9.47 Å². The number of hydrogen-bond donors (Lipinski definition) is 0. The number of hydrogen-bond acceptors (Lipinski definition) is 6. The Morgan fingerprint density at radius 2 is 1.14 bits per heavy atom.